The van der Waals surface area contributed by atoms with Gasteiger partial charge >= 0.3 is 0 Å². The smallest absolute Gasteiger partial charge is 0.0265 e. The van der Waals surface area contributed by atoms with E-state index in [4.69, 9.17) is 0 Å². The van der Waals surface area contributed by atoms with Crippen LogP contribution in [0.1, 0.15) is 42.9 Å². The first-order chi connectivity index (χ1) is 11.7. The highest BCUT2D eigenvalue weighted by atomic mass is 14.6. The Labute approximate surface area is 145 Å². The van der Waals surface area contributed by atoms with Crippen molar-refractivity contribution in [1.29, 1.82) is 0 Å². The number of hydrogen-bond donors (Lipinski definition) is 0. The maximum atomic E-state index is 2.44. The fraction of sp³-hybridized carbons (Fsp3) is 0.250. The Morgan fingerprint density at radius 1 is 0.625 bits per heavy atom. The van der Waals surface area contributed by atoms with Crippen LogP contribution in [0.4, 0.5) is 0 Å². The molecule has 1 atom stereocenters. The van der Waals surface area contributed by atoms with Gasteiger partial charge in [-0.25, -0.2) is 0 Å². The fourth-order valence-corrected chi connectivity index (χ4v) is 4.80. The predicted molar refractivity (Wildman–Crippen MR) is 101 cm³/mol. The topological polar surface area (TPSA) is 0 Å². The summed E-state index contributed by atoms with van der Waals surface area (Å²) >= 11 is 0. The van der Waals surface area contributed by atoms with Crippen molar-refractivity contribution in [3.05, 3.63) is 108 Å². The maximum Gasteiger partial charge on any atom is 0.0265 e. The molecule has 0 aliphatic heterocycles. The molecular formula is C24H24. The van der Waals surface area contributed by atoms with Crippen LogP contribution >= 0.6 is 0 Å². The summed E-state index contributed by atoms with van der Waals surface area (Å²) in [4.78, 5) is 0. The van der Waals surface area contributed by atoms with Crippen molar-refractivity contribution in [3.63, 3.8) is 0 Å². The molecule has 4 rings (SSSR count). The van der Waals surface area contributed by atoms with Gasteiger partial charge in [0.2, 0.25) is 0 Å². The first-order valence-electron chi connectivity index (χ1n) is 8.82. The van der Waals surface area contributed by atoms with Crippen LogP contribution in [0.3, 0.4) is 0 Å². The molecule has 1 saturated carbocycles. The van der Waals surface area contributed by atoms with E-state index in [9.17, 15) is 0 Å². The second-order valence-electron chi connectivity index (χ2n) is 7.53. The molecule has 0 spiro atoms. The molecule has 0 heterocycles. The van der Waals surface area contributed by atoms with Gasteiger partial charge in [-0.15, -0.1) is 0 Å². The lowest BCUT2D eigenvalue weighted by Crippen LogP contribution is -2.57. The minimum atomic E-state index is 0.0794. The molecule has 1 fully saturated rings. The van der Waals surface area contributed by atoms with Crippen LogP contribution < -0.4 is 0 Å². The Morgan fingerprint density at radius 2 is 1.04 bits per heavy atom. The highest BCUT2D eigenvalue weighted by Gasteiger charge is 2.61. The molecule has 1 aliphatic carbocycles. The van der Waals surface area contributed by atoms with Gasteiger partial charge in [-0.1, -0.05) is 105 Å². The van der Waals surface area contributed by atoms with Gasteiger partial charge in [0.05, 0.1) is 0 Å². The summed E-state index contributed by atoms with van der Waals surface area (Å²) in [6.07, 6.45) is 1.16. The van der Waals surface area contributed by atoms with Gasteiger partial charge in [-0.3, -0.25) is 0 Å². The summed E-state index contributed by atoms with van der Waals surface area (Å²) in [5, 5.41) is 0. The van der Waals surface area contributed by atoms with E-state index in [1.165, 1.54) is 16.7 Å². The van der Waals surface area contributed by atoms with Crippen molar-refractivity contribution in [3.8, 4) is 0 Å². The van der Waals surface area contributed by atoms with E-state index in [1.54, 1.807) is 0 Å². The summed E-state index contributed by atoms with van der Waals surface area (Å²) < 4.78 is 0. The standard InChI is InChI=1S/C24H24/c1-23(2)22(19-12-6-3-7-13-19)18-24(23,20-14-8-4-9-15-20)21-16-10-5-11-17-21/h3-17,22H,18H2,1-2H3. The molecule has 3 aromatic rings. The molecule has 24 heavy (non-hydrogen) atoms. The summed E-state index contributed by atoms with van der Waals surface area (Å²) in [6, 6.07) is 33.1. The Kier molecular flexibility index (Phi) is 3.57. The lowest BCUT2D eigenvalue weighted by Gasteiger charge is -2.63. The largest absolute Gasteiger partial charge is 0.0622 e. The first kappa shape index (κ1) is 15.2. The monoisotopic (exact) mass is 312 g/mol. The molecule has 0 aromatic heterocycles. The fourth-order valence-electron chi connectivity index (χ4n) is 4.80. The zero-order valence-corrected chi connectivity index (χ0v) is 14.4. The zero-order valence-electron chi connectivity index (χ0n) is 14.4. The van der Waals surface area contributed by atoms with E-state index in [0.29, 0.717) is 5.92 Å². The summed E-state index contributed by atoms with van der Waals surface area (Å²) in [7, 11) is 0. The minimum absolute atomic E-state index is 0.0794. The highest BCUT2D eigenvalue weighted by molar-refractivity contribution is 5.49. The van der Waals surface area contributed by atoms with Crippen molar-refractivity contribution >= 4 is 0 Å². The Balaban J connectivity index is 1.85. The summed E-state index contributed by atoms with van der Waals surface area (Å²) in [6.45, 7) is 4.88. The molecule has 0 saturated heterocycles. The van der Waals surface area contributed by atoms with Crippen LogP contribution in [0.2, 0.25) is 0 Å². The molecule has 3 aromatic carbocycles. The second kappa shape index (κ2) is 5.63. The van der Waals surface area contributed by atoms with Crippen molar-refractivity contribution in [2.45, 2.75) is 31.6 Å². The third-order valence-corrected chi connectivity index (χ3v) is 6.22. The van der Waals surface area contributed by atoms with Crippen LogP contribution in [-0.4, -0.2) is 0 Å². The Morgan fingerprint density at radius 3 is 1.46 bits per heavy atom. The molecule has 0 bridgehead atoms. The zero-order chi connectivity index (χ0) is 16.6. The van der Waals surface area contributed by atoms with Gasteiger partial charge in [-0.05, 0) is 34.4 Å². The molecule has 0 N–H and O–H groups in total. The summed E-state index contributed by atoms with van der Waals surface area (Å²) in [5.41, 5.74) is 4.58. The first-order valence-corrected chi connectivity index (χ1v) is 8.82. The average molecular weight is 312 g/mol. The van der Waals surface area contributed by atoms with Crippen LogP contribution in [-0.2, 0) is 5.41 Å². The van der Waals surface area contributed by atoms with Crippen molar-refractivity contribution in [2.75, 3.05) is 0 Å². The van der Waals surface area contributed by atoms with Gasteiger partial charge in [0.15, 0.2) is 0 Å². The van der Waals surface area contributed by atoms with Gasteiger partial charge in [0, 0.05) is 5.41 Å². The van der Waals surface area contributed by atoms with Gasteiger partial charge in [0.25, 0.3) is 0 Å². The molecular weight excluding hydrogens is 288 g/mol. The molecule has 0 radical (unpaired) electrons. The second-order valence-corrected chi connectivity index (χ2v) is 7.53. The number of rotatable bonds is 3. The van der Waals surface area contributed by atoms with E-state index in [1.807, 2.05) is 0 Å². The van der Waals surface area contributed by atoms with E-state index in [0.717, 1.165) is 6.42 Å². The van der Waals surface area contributed by atoms with Crippen molar-refractivity contribution < 1.29 is 0 Å². The third-order valence-electron chi connectivity index (χ3n) is 6.22. The van der Waals surface area contributed by atoms with Gasteiger partial charge in [0.1, 0.15) is 0 Å². The quantitative estimate of drug-likeness (QED) is 0.541. The number of benzene rings is 3. The van der Waals surface area contributed by atoms with Crippen molar-refractivity contribution in [2.24, 2.45) is 5.41 Å². The Hall–Kier alpha value is -2.34. The lowest BCUT2D eigenvalue weighted by atomic mass is 9.40. The Bertz CT molecular complexity index is 761. The van der Waals surface area contributed by atoms with E-state index in [-0.39, 0.29) is 10.8 Å². The van der Waals surface area contributed by atoms with E-state index >= 15 is 0 Å². The van der Waals surface area contributed by atoms with Gasteiger partial charge < -0.3 is 0 Å². The van der Waals surface area contributed by atoms with Crippen LogP contribution in [0, 0.1) is 5.41 Å². The lowest BCUT2D eigenvalue weighted by molar-refractivity contribution is 0.0238. The van der Waals surface area contributed by atoms with Gasteiger partial charge in [-0.2, -0.15) is 0 Å². The molecule has 0 amide bonds. The van der Waals surface area contributed by atoms with E-state index < -0.39 is 0 Å². The molecule has 120 valence electrons. The average Bonchev–Trinajstić information content (AvgIpc) is 2.64. The highest BCUT2D eigenvalue weighted by Crippen LogP contribution is 2.68. The predicted octanol–water partition coefficient (Wildman–Crippen LogP) is 6.19. The SMILES string of the molecule is CC1(C)C(c2ccccc2)CC1(c1ccccc1)c1ccccc1. The molecule has 1 unspecified atom stereocenters. The van der Waals surface area contributed by atoms with Crippen LogP contribution in [0.25, 0.3) is 0 Å². The molecule has 1 aliphatic rings. The summed E-state index contributed by atoms with van der Waals surface area (Å²) in [5.74, 6) is 0.583. The van der Waals surface area contributed by atoms with Crippen LogP contribution in [0.5, 0.6) is 0 Å². The number of hydrogen-bond acceptors (Lipinski definition) is 0. The van der Waals surface area contributed by atoms with Crippen LogP contribution in [0.15, 0.2) is 91.0 Å². The normalized spacial score (nSPS) is 21.0. The molecule has 0 heteroatoms. The van der Waals surface area contributed by atoms with Crippen molar-refractivity contribution in [1.82, 2.24) is 0 Å². The van der Waals surface area contributed by atoms with E-state index in [2.05, 4.69) is 105 Å². The maximum absolute atomic E-state index is 2.44. The molecule has 0 nitrogen and oxygen atoms in total. The third kappa shape index (κ3) is 2.06. The minimum Gasteiger partial charge on any atom is -0.0622 e.